The van der Waals surface area contributed by atoms with Crippen LogP contribution in [-0.2, 0) is 5.41 Å². The van der Waals surface area contributed by atoms with Crippen molar-refractivity contribution in [2.24, 2.45) is 11.7 Å². The van der Waals surface area contributed by atoms with E-state index >= 15 is 0 Å². The summed E-state index contributed by atoms with van der Waals surface area (Å²) in [7, 11) is 0. The maximum Gasteiger partial charge on any atom is 0.0370 e. The largest absolute Gasteiger partial charge is 0.366 e. The summed E-state index contributed by atoms with van der Waals surface area (Å²) in [6.45, 7) is 13.3. The molecule has 0 amide bonds. The van der Waals surface area contributed by atoms with Gasteiger partial charge < -0.3 is 10.6 Å². The van der Waals surface area contributed by atoms with E-state index in [1.807, 2.05) is 0 Å². The summed E-state index contributed by atoms with van der Waals surface area (Å²) in [5.41, 5.74) is 9.01. The molecule has 0 aromatic heterocycles. The van der Waals surface area contributed by atoms with E-state index in [-0.39, 0.29) is 11.0 Å². The molecule has 0 aliphatic carbocycles. The molecule has 1 aromatic rings. The Bertz CT molecular complexity index is 426. The maximum absolute atomic E-state index is 5.85. The van der Waals surface area contributed by atoms with E-state index in [0.29, 0.717) is 5.92 Å². The highest BCUT2D eigenvalue weighted by Gasteiger charge is 2.37. The molecular weight excluding hydrogens is 232 g/mol. The van der Waals surface area contributed by atoms with E-state index in [2.05, 4.69) is 63.8 Å². The summed E-state index contributed by atoms with van der Waals surface area (Å²) in [6, 6.07) is 9.06. The van der Waals surface area contributed by atoms with Gasteiger partial charge >= 0.3 is 0 Å². The van der Waals surface area contributed by atoms with Gasteiger partial charge in [-0.2, -0.15) is 0 Å². The number of hydrogen-bond donors (Lipinski definition) is 1. The highest BCUT2D eigenvalue weighted by Crippen LogP contribution is 2.37. The van der Waals surface area contributed by atoms with Crippen LogP contribution in [0.3, 0.4) is 0 Å². The third-order valence-corrected chi connectivity index (χ3v) is 4.34. The molecular formula is C17H28N2. The monoisotopic (exact) mass is 260 g/mol. The predicted octanol–water partition coefficient (Wildman–Crippen LogP) is 3.55. The Morgan fingerprint density at radius 1 is 1.21 bits per heavy atom. The fourth-order valence-electron chi connectivity index (χ4n) is 3.14. The van der Waals surface area contributed by atoms with Gasteiger partial charge in [-0.25, -0.2) is 0 Å². The molecule has 2 nitrogen and oxygen atoms in total. The predicted molar refractivity (Wildman–Crippen MR) is 83.7 cm³/mol. The summed E-state index contributed by atoms with van der Waals surface area (Å²) in [5, 5.41) is 0. The molecule has 0 bridgehead atoms. The molecule has 19 heavy (non-hydrogen) atoms. The van der Waals surface area contributed by atoms with Gasteiger partial charge in [0.1, 0.15) is 0 Å². The van der Waals surface area contributed by atoms with E-state index in [1.165, 1.54) is 17.7 Å². The molecule has 1 heterocycles. The van der Waals surface area contributed by atoms with Crippen molar-refractivity contribution in [1.29, 1.82) is 0 Å². The average molecular weight is 260 g/mol. The number of anilines is 1. The first kappa shape index (κ1) is 14.4. The fraction of sp³-hybridized carbons (Fsp3) is 0.647. The van der Waals surface area contributed by atoms with Crippen LogP contribution in [0.25, 0.3) is 0 Å². The van der Waals surface area contributed by atoms with Crippen LogP contribution >= 0.6 is 0 Å². The van der Waals surface area contributed by atoms with E-state index in [1.54, 1.807) is 0 Å². The number of nitrogens with two attached hydrogens (primary N) is 1. The van der Waals surface area contributed by atoms with Crippen molar-refractivity contribution in [3.63, 3.8) is 0 Å². The zero-order chi connectivity index (χ0) is 14.3. The van der Waals surface area contributed by atoms with Gasteiger partial charge in [-0.15, -0.1) is 0 Å². The molecule has 1 unspecified atom stereocenters. The van der Waals surface area contributed by atoms with Crippen LogP contribution in [0.2, 0.25) is 0 Å². The Labute approximate surface area is 118 Å². The summed E-state index contributed by atoms with van der Waals surface area (Å²) >= 11 is 0. The lowest BCUT2D eigenvalue weighted by Crippen LogP contribution is -2.38. The quantitative estimate of drug-likeness (QED) is 0.881. The van der Waals surface area contributed by atoms with Crippen LogP contribution in [0.5, 0.6) is 0 Å². The second kappa shape index (κ2) is 4.82. The minimum absolute atomic E-state index is 0.216. The van der Waals surface area contributed by atoms with Crippen LogP contribution < -0.4 is 10.6 Å². The van der Waals surface area contributed by atoms with Crippen molar-refractivity contribution < 1.29 is 0 Å². The molecule has 1 atom stereocenters. The third-order valence-electron chi connectivity index (χ3n) is 4.34. The number of benzene rings is 1. The smallest absolute Gasteiger partial charge is 0.0370 e. The van der Waals surface area contributed by atoms with Crippen LogP contribution in [0.1, 0.15) is 46.6 Å². The highest BCUT2D eigenvalue weighted by molar-refractivity contribution is 5.52. The van der Waals surface area contributed by atoms with Gasteiger partial charge in [-0.05, 0) is 55.8 Å². The van der Waals surface area contributed by atoms with Crippen LogP contribution in [0.15, 0.2) is 24.3 Å². The van der Waals surface area contributed by atoms with Crippen molar-refractivity contribution in [3.05, 3.63) is 29.8 Å². The topological polar surface area (TPSA) is 29.3 Å². The van der Waals surface area contributed by atoms with Crippen molar-refractivity contribution in [1.82, 2.24) is 0 Å². The van der Waals surface area contributed by atoms with E-state index < -0.39 is 0 Å². The molecule has 1 aliphatic rings. The van der Waals surface area contributed by atoms with Crippen molar-refractivity contribution >= 4 is 5.69 Å². The average Bonchev–Trinajstić information content (AvgIpc) is 2.63. The Morgan fingerprint density at radius 3 is 2.21 bits per heavy atom. The second-order valence-electron chi connectivity index (χ2n) is 7.53. The number of hydrogen-bond acceptors (Lipinski definition) is 2. The molecule has 2 rings (SSSR count). The second-order valence-corrected chi connectivity index (χ2v) is 7.53. The summed E-state index contributed by atoms with van der Waals surface area (Å²) in [4.78, 5) is 2.51. The van der Waals surface area contributed by atoms with Gasteiger partial charge in [0.05, 0.1) is 0 Å². The highest BCUT2D eigenvalue weighted by atomic mass is 15.2. The third kappa shape index (κ3) is 2.94. The lowest BCUT2D eigenvalue weighted by atomic mass is 9.87. The van der Waals surface area contributed by atoms with Crippen LogP contribution in [0, 0.1) is 5.92 Å². The van der Waals surface area contributed by atoms with Crippen LogP contribution in [0.4, 0.5) is 5.69 Å². The van der Waals surface area contributed by atoms with Crippen molar-refractivity contribution in [2.45, 2.75) is 52.0 Å². The summed E-state index contributed by atoms with van der Waals surface area (Å²) in [5.74, 6) is 0.622. The normalized spacial score (nSPS) is 22.8. The first-order chi connectivity index (χ1) is 8.74. The Kier molecular flexibility index (Phi) is 3.65. The van der Waals surface area contributed by atoms with Gasteiger partial charge in [0.15, 0.2) is 0 Å². The van der Waals surface area contributed by atoms with Crippen molar-refractivity contribution in [3.8, 4) is 0 Å². The van der Waals surface area contributed by atoms with Crippen molar-refractivity contribution in [2.75, 3.05) is 18.0 Å². The SMILES string of the molecule is CC(C)(C)c1ccc(N2CC(CN)CC2(C)C)cc1. The van der Waals surface area contributed by atoms with Gasteiger partial charge in [-0.3, -0.25) is 0 Å². The zero-order valence-corrected chi connectivity index (χ0v) is 13.0. The maximum atomic E-state index is 5.85. The molecule has 1 saturated heterocycles. The Morgan fingerprint density at radius 2 is 1.79 bits per heavy atom. The molecule has 1 aromatic carbocycles. The molecule has 0 saturated carbocycles. The number of nitrogens with zero attached hydrogens (tertiary/aromatic N) is 1. The molecule has 106 valence electrons. The molecule has 0 spiro atoms. The standard InChI is InChI=1S/C17H28N2/c1-16(2,3)14-6-8-15(9-7-14)19-12-13(11-18)10-17(19,4)5/h6-9,13H,10-12,18H2,1-5H3. The zero-order valence-electron chi connectivity index (χ0n) is 13.0. The first-order valence-electron chi connectivity index (χ1n) is 7.32. The van der Waals surface area contributed by atoms with E-state index in [9.17, 15) is 0 Å². The Balaban J connectivity index is 2.23. The van der Waals surface area contributed by atoms with Gasteiger partial charge in [0.25, 0.3) is 0 Å². The van der Waals surface area contributed by atoms with Gasteiger partial charge in [0, 0.05) is 17.8 Å². The summed E-state index contributed by atoms with van der Waals surface area (Å²) in [6.07, 6.45) is 1.19. The summed E-state index contributed by atoms with van der Waals surface area (Å²) < 4.78 is 0. The van der Waals surface area contributed by atoms with E-state index in [0.717, 1.165) is 13.1 Å². The fourth-order valence-corrected chi connectivity index (χ4v) is 3.14. The lowest BCUT2D eigenvalue weighted by molar-refractivity contribution is 0.476. The Hall–Kier alpha value is -1.02. The van der Waals surface area contributed by atoms with Gasteiger partial charge in [-0.1, -0.05) is 32.9 Å². The molecule has 0 radical (unpaired) electrons. The molecule has 1 fully saturated rings. The van der Waals surface area contributed by atoms with E-state index in [4.69, 9.17) is 5.73 Å². The minimum atomic E-state index is 0.216. The molecule has 2 heteroatoms. The molecule has 1 aliphatic heterocycles. The number of rotatable bonds is 2. The van der Waals surface area contributed by atoms with Crippen LogP contribution in [-0.4, -0.2) is 18.6 Å². The minimum Gasteiger partial charge on any atom is -0.366 e. The lowest BCUT2D eigenvalue weighted by Gasteiger charge is -2.34. The first-order valence-corrected chi connectivity index (χ1v) is 7.32. The molecule has 2 N–H and O–H groups in total. The van der Waals surface area contributed by atoms with Gasteiger partial charge in [0.2, 0.25) is 0 Å².